The first kappa shape index (κ1) is 47.8. The summed E-state index contributed by atoms with van der Waals surface area (Å²) in [6.45, 7) is 0. The molecule has 0 saturated carbocycles. The number of rotatable bonds is 8. The van der Waals surface area contributed by atoms with Crippen molar-refractivity contribution in [2.75, 3.05) is 0 Å². The highest BCUT2D eigenvalue weighted by Crippen LogP contribution is 2.63. The maximum absolute atomic E-state index is 5.53. The maximum Gasteiger partial charge on any atom is 0.160 e. The highest BCUT2D eigenvalue weighted by molar-refractivity contribution is 6.17. The highest BCUT2D eigenvalue weighted by Gasteiger charge is 2.51. The second-order valence-electron chi connectivity index (χ2n) is 22.4. The Kier molecular flexibility index (Phi) is 10.8. The molecule has 0 aliphatic heterocycles. The van der Waals surface area contributed by atoms with Gasteiger partial charge in [0, 0.05) is 33.0 Å². The number of hydrogen-bond acceptors (Lipinski definition) is 2. The molecule has 2 heterocycles. The summed E-state index contributed by atoms with van der Waals surface area (Å²) in [6.07, 6.45) is 0. The van der Waals surface area contributed by atoms with Gasteiger partial charge in [0.1, 0.15) is 0 Å². The molecule has 84 heavy (non-hydrogen) atoms. The van der Waals surface area contributed by atoms with Crippen molar-refractivity contribution in [3.8, 4) is 106 Å². The minimum atomic E-state index is -0.464. The molecule has 0 N–H and O–H groups in total. The standard InChI is InChI=1S/C81H51N3/c1-4-21-52(22-5-1)56-41-44-76-70(50-56)78-64(35-20-40-77(78)84(76)63-42-43-68-67-33-12-16-38-73(67)81(74(68)51-63)71-36-14-10-31-65(71)66-32-11-15-37-72(66)81)57-28-19-30-59(46-57)80-82-75-39-17-13-34-69(75)79(83-80)58-29-18-27-55(45-58)62-48-60(53-23-6-2-7-24-53)47-61(49-62)54-25-8-3-9-26-54/h1-51H. The summed E-state index contributed by atoms with van der Waals surface area (Å²) in [4.78, 5) is 10.9. The Morgan fingerprint density at radius 3 is 1.37 bits per heavy atom. The van der Waals surface area contributed by atoms with Crippen LogP contribution in [0.3, 0.4) is 0 Å². The Bertz CT molecular complexity index is 5010. The van der Waals surface area contributed by atoms with Gasteiger partial charge in [-0.1, -0.05) is 243 Å². The van der Waals surface area contributed by atoms with Gasteiger partial charge in [0.05, 0.1) is 27.7 Å². The highest BCUT2D eigenvalue weighted by atomic mass is 15.0. The largest absolute Gasteiger partial charge is 0.309 e. The molecule has 13 aromatic carbocycles. The van der Waals surface area contributed by atoms with Gasteiger partial charge < -0.3 is 4.57 Å². The lowest BCUT2D eigenvalue weighted by molar-refractivity contribution is 0.792. The maximum atomic E-state index is 5.53. The minimum absolute atomic E-state index is 0.464. The molecule has 0 unspecified atom stereocenters. The molecule has 2 aliphatic carbocycles. The van der Waals surface area contributed by atoms with E-state index in [1.54, 1.807) is 0 Å². The zero-order valence-electron chi connectivity index (χ0n) is 45.8. The Morgan fingerprint density at radius 1 is 0.250 bits per heavy atom. The minimum Gasteiger partial charge on any atom is -0.309 e. The molecular formula is C81H51N3. The average molecular weight is 1070 g/mol. The van der Waals surface area contributed by atoms with E-state index < -0.39 is 5.41 Å². The van der Waals surface area contributed by atoms with Crippen molar-refractivity contribution in [1.29, 1.82) is 0 Å². The van der Waals surface area contributed by atoms with Crippen LogP contribution in [0.4, 0.5) is 0 Å². The van der Waals surface area contributed by atoms with Crippen LogP contribution in [0, 0.1) is 0 Å². The molecule has 0 saturated heterocycles. The number of para-hydroxylation sites is 1. The fourth-order valence-corrected chi connectivity index (χ4v) is 14.1. The van der Waals surface area contributed by atoms with Gasteiger partial charge in [0.15, 0.2) is 5.82 Å². The Hall–Kier alpha value is -11.0. The number of nitrogens with zero attached hydrogens (tertiary/aromatic N) is 3. The Balaban J connectivity index is 0.824. The van der Waals surface area contributed by atoms with E-state index in [2.05, 4.69) is 314 Å². The monoisotopic (exact) mass is 1070 g/mol. The van der Waals surface area contributed by atoms with Crippen LogP contribution >= 0.6 is 0 Å². The third-order valence-corrected chi connectivity index (χ3v) is 17.8. The predicted molar refractivity (Wildman–Crippen MR) is 348 cm³/mol. The van der Waals surface area contributed by atoms with E-state index in [-0.39, 0.29) is 0 Å². The first-order valence-electron chi connectivity index (χ1n) is 29.0. The lowest BCUT2D eigenvalue weighted by Crippen LogP contribution is -2.26. The van der Waals surface area contributed by atoms with E-state index in [0.29, 0.717) is 5.82 Å². The third-order valence-electron chi connectivity index (χ3n) is 17.8. The zero-order valence-corrected chi connectivity index (χ0v) is 45.8. The summed E-state index contributed by atoms with van der Waals surface area (Å²) in [5.41, 5.74) is 28.8. The van der Waals surface area contributed by atoms with Crippen molar-refractivity contribution in [2.45, 2.75) is 5.41 Å². The summed E-state index contributed by atoms with van der Waals surface area (Å²) in [6, 6.07) is 113. The molecule has 0 fully saturated rings. The summed E-state index contributed by atoms with van der Waals surface area (Å²) in [7, 11) is 0. The normalized spacial score (nSPS) is 12.6. The molecule has 0 radical (unpaired) electrons. The SMILES string of the molecule is c1ccc(-c2cc(-c3ccccc3)cc(-c3cccc(-c4nc(-c5cccc(-c6cccc7c6c6cc(-c8ccccc8)ccc6n7-c6ccc7c(c6)C6(c8ccccc8-c8ccccc86)c6ccccc6-7)c5)nc5ccccc45)c3)c2)cc1. The molecule has 2 aromatic heterocycles. The molecular weight excluding hydrogens is 1010 g/mol. The number of aromatic nitrogens is 3. The van der Waals surface area contributed by atoms with Crippen LogP contribution < -0.4 is 0 Å². The lowest BCUT2D eigenvalue weighted by Gasteiger charge is -2.30. The van der Waals surface area contributed by atoms with Crippen LogP contribution in [0.15, 0.2) is 309 Å². The van der Waals surface area contributed by atoms with E-state index in [0.717, 1.165) is 66.7 Å². The zero-order chi connectivity index (χ0) is 55.3. The van der Waals surface area contributed by atoms with Gasteiger partial charge in [-0.05, 0) is 167 Å². The van der Waals surface area contributed by atoms with Crippen LogP contribution in [0.25, 0.3) is 139 Å². The summed E-state index contributed by atoms with van der Waals surface area (Å²) >= 11 is 0. The van der Waals surface area contributed by atoms with Gasteiger partial charge >= 0.3 is 0 Å². The molecule has 2 aliphatic rings. The first-order chi connectivity index (χ1) is 41.6. The van der Waals surface area contributed by atoms with Gasteiger partial charge in [0.2, 0.25) is 0 Å². The van der Waals surface area contributed by atoms with E-state index in [1.165, 1.54) is 88.7 Å². The van der Waals surface area contributed by atoms with E-state index in [4.69, 9.17) is 9.97 Å². The van der Waals surface area contributed by atoms with E-state index in [9.17, 15) is 0 Å². The van der Waals surface area contributed by atoms with Crippen molar-refractivity contribution >= 4 is 32.7 Å². The van der Waals surface area contributed by atoms with Gasteiger partial charge in [0.25, 0.3) is 0 Å². The van der Waals surface area contributed by atoms with Gasteiger partial charge in [-0.25, -0.2) is 9.97 Å². The summed E-state index contributed by atoms with van der Waals surface area (Å²) in [5.74, 6) is 0.678. The third kappa shape index (κ3) is 7.39. The first-order valence-corrected chi connectivity index (χ1v) is 29.0. The molecule has 3 heteroatoms. The topological polar surface area (TPSA) is 30.7 Å². The summed E-state index contributed by atoms with van der Waals surface area (Å²) < 4.78 is 2.50. The van der Waals surface area contributed by atoms with Crippen LogP contribution in [-0.4, -0.2) is 14.5 Å². The second kappa shape index (κ2) is 19.1. The van der Waals surface area contributed by atoms with Crippen molar-refractivity contribution in [3.63, 3.8) is 0 Å². The van der Waals surface area contributed by atoms with Crippen molar-refractivity contribution < 1.29 is 0 Å². The van der Waals surface area contributed by atoms with Crippen molar-refractivity contribution in [1.82, 2.24) is 14.5 Å². The Morgan fingerprint density at radius 2 is 0.714 bits per heavy atom. The van der Waals surface area contributed by atoms with Crippen molar-refractivity contribution in [2.24, 2.45) is 0 Å². The molecule has 15 aromatic rings. The van der Waals surface area contributed by atoms with Crippen LogP contribution in [0.1, 0.15) is 22.3 Å². The molecule has 3 nitrogen and oxygen atoms in total. The number of benzene rings is 13. The molecule has 0 atom stereocenters. The van der Waals surface area contributed by atoms with Gasteiger partial charge in [-0.3, -0.25) is 0 Å². The van der Waals surface area contributed by atoms with E-state index >= 15 is 0 Å². The smallest absolute Gasteiger partial charge is 0.160 e. The van der Waals surface area contributed by atoms with E-state index in [1.807, 2.05) is 0 Å². The fraction of sp³-hybridized carbons (Fsp3) is 0.0123. The number of hydrogen-bond donors (Lipinski definition) is 0. The van der Waals surface area contributed by atoms with Gasteiger partial charge in [-0.15, -0.1) is 0 Å². The predicted octanol–water partition coefficient (Wildman–Crippen LogP) is 20.7. The average Bonchev–Trinajstić information content (AvgIpc) is 1.66. The lowest BCUT2D eigenvalue weighted by atomic mass is 9.70. The van der Waals surface area contributed by atoms with Crippen LogP contribution in [-0.2, 0) is 5.41 Å². The number of fused-ring (bicyclic) bond motifs is 14. The van der Waals surface area contributed by atoms with Crippen molar-refractivity contribution in [3.05, 3.63) is 332 Å². The molecule has 0 bridgehead atoms. The quantitative estimate of drug-likeness (QED) is 0.152. The van der Waals surface area contributed by atoms with Crippen LogP contribution in [0.5, 0.6) is 0 Å². The molecule has 17 rings (SSSR count). The van der Waals surface area contributed by atoms with Crippen LogP contribution in [0.2, 0.25) is 0 Å². The molecule has 0 amide bonds. The second-order valence-corrected chi connectivity index (χ2v) is 22.4. The Labute approximate surface area is 487 Å². The van der Waals surface area contributed by atoms with Gasteiger partial charge in [-0.2, -0.15) is 0 Å². The molecule has 390 valence electrons. The summed E-state index contributed by atoms with van der Waals surface area (Å²) in [5, 5.41) is 3.39. The molecule has 1 spiro atoms. The fourth-order valence-electron chi connectivity index (χ4n) is 14.1.